The van der Waals surface area contributed by atoms with Crippen LogP contribution in [0.2, 0.25) is 0 Å². The second-order valence-electron chi connectivity index (χ2n) is 10.7. The van der Waals surface area contributed by atoms with Crippen LogP contribution in [0.3, 0.4) is 0 Å². The van der Waals surface area contributed by atoms with Crippen molar-refractivity contribution in [1.82, 2.24) is 4.98 Å². The van der Waals surface area contributed by atoms with E-state index in [4.69, 9.17) is 9.72 Å². The standard InChI is InChI=1S/C36H41NO2/c1-6-7-10-19-31-33(32(24-38)35(26(4)5)37-34(31)25(2)3)27-20-22-30(23-21-27)39-36(28-15-11-8-12-16-28)29-17-13-9-14-18-29/h8-23,25-26,36,38H,6-7,24H2,1-5H3. The molecule has 0 saturated heterocycles. The largest absolute Gasteiger partial charge is 0.481 e. The zero-order chi connectivity index (χ0) is 27.8. The Bertz CT molecular complexity index is 1320. The monoisotopic (exact) mass is 519 g/mol. The molecule has 3 aromatic carbocycles. The normalized spacial score (nSPS) is 11.7. The van der Waals surface area contributed by atoms with Crippen LogP contribution in [0.1, 0.15) is 99.0 Å². The Kier molecular flexibility index (Phi) is 9.73. The third kappa shape index (κ3) is 6.66. The van der Waals surface area contributed by atoms with Crippen molar-refractivity contribution >= 4 is 6.08 Å². The first-order valence-electron chi connectivity index (χ1n) is 14.2. The molecule has 0 unspecified atom stereocenters. The number of allylic oxidation sites excluding steroid dienone is 1. The van der Waals surface area contributed by atoms with E-state index in [2.05, 4.69) is 83.2 Å². The lowest BCUT2D eigenvalue weighted by atomic mass is 9.87. The Labute approximate surface area is 234 Å². The van der Waals surface area contributed by atoms with E-state index in [1.807, 2.05) is 48.5 Å². The summed E-state index contributed by atoms with van der Waals surface area (Å²) in [5.41, 5.74) is 8.40. The molecule has 0 bridgehead atoms. The van der Waals surface area contributed by atoms with Gasteiger partial charge in [0.1, 0.15) is 11.9 Å². The van der Waals surface area contributed by atoms with Gasteiger partial charge >= 0.3 is 0 Å². The summed E-state index contributed by atoms with van der Waals surface area (Å²) >= 11 is 0. The lowest BCUT2D eigenvalue weighted by Crippen LogP contribution is -2.11. The fourth-order valence-electron chi connectivity index (χ4n) is 5.04. The SMILES string of the molecule is CCCC=Cc1c(C(C)C)nc(C(C)C)c(CO)c1-c1ccc(OC(c2ccccc2)c2ccccc2)cc1. The van der Waals surface area contributed by atoms with Crippen LogP contribution in [0.5, 0.6) is 5.75 Å². The van der Waals surface area contributed by atoms with Gasteiger partial charge in [-0.05, 0) is 52.6 Å². The van der Waals surface area contributed by atoms with Crippen LogP contribution in [0.4, 0.5) is 0 Å². The minimum absolute atomic E-state index is 0.0504. The molecule has 0 saturated carbocycles. The van der Waals surface area contributed by atoms with E-state index in [9.17, 15) is 5.11 Å². The molecule has 0 amide bonds. The molecule has 0 aliphatic carbocycles. The number of nitrogens with zero attached hydrogens (tertiary/aromatic N) is 1. The van der Waals surface area contributed by atoms with Gasteiger partial charge in [-0.3, -0.25) is 4.98 Å². The number of aromatic nitrogens is 1. The maximum absolute atomic E-state index is 10.6. The molecular formula is C36H41NO2. The van der Waals surface area contributed by atoms with Crippen molar-refractivity contribution in [2.45, 2.75) is 72.0 Å². The molecule has 1 N–H and O–H groups in total. The van der Waals surface area contributed by atoms with Crippen LogP contribution in [0, 0.1) is 0 Å². The molecule has 0 spiro atoms. The van der Waals surface area contributed by atoms with Crippen LogP contribution in [0.25, 0.3) is 17.2 Å². The first-order valence-corrected chi connectivity index (χ1v) is 14.2. The maximum Gasteiger partial charge on any atom is 0.149 e. The van der Waals surface area contributed by atoms with Crippen molar-refractivity contribution in [2.75, 3.05) is 0 Å². The molecule has 0 radical (unpaired) electrons. The van der Waals surface area contributed by atoms with Crippen LogP contribution in [0.15, 0.2) is 91.0 Å². The van der Waals surface area contributed by atoms with E-state index >= 15 is 0 Å². The van der Waals surface area contributed by atoms with E-state index in [1.165, 1.54) is 0 Å². The highest BCUT2D eigenvalue weighted by atomic mass is 16.5. The van der Waals surface area contributed by atoms with Crippen molar-refractivity contribution in [2.24, 2.45) is 0 Å². The minimum atomic E-state index is -0.209. The van der Waals surface area contributed by atoms with Gasteiger partial charge in [0, 0.05) is 16.8 Å². The predicted molar refractivity (Wildman–Crippen MR) is 163 cm³/mol. The molecule has 4 aromatic rings. The van der Waals surface area contributed by atoms with Crippen LogP contribution >= 0.6 is 0 Å². The Morgan fingerprint density at radius 1 is 0.769 bits per heavy atom. The lowest BCUT2D eigenvalue weighted by Gasteiger charge is -2.23. The van der Waals surface area contributed by atoms with E-state index in [0.29, 0.717) is 0 Å². The number of hydrogen-bond acceptors (Lipinski definition) is 3. The molecule has 4 rings (SSSR count). The molecule has 3 nitrogen and oxygen atoms in total. The van der Waals surface area contributed by atoms with Crippen LogP contribution in [-0.2, 0) is 6.61 Å². The van der Waals surface area contributed by atoms with Gasteiger partial charge in [0.15, 0.2) is 0 Å². The molecule has 3 heteroatoms. The highest BCUT2D eigenvalue weighted by Crippen LogP contribution is 2.38. The van der Waals surface area contributed by atoms with E-state index in [-0.39, 0.29) is 24.5 Å². The molecule has 1 aromatic heterocycles. The molecule has 0 fully saturated rings. The minimum Gasteiger partial charge on any atom is -0.481 e. The summed E-state index contributed by atoms with van der Waals surface area (Å²) in [5.74, 6) is 1.26. The Balaban J connectivity index is 1.80. The van der Waals surface area contributed by atoms with E-state index in [0.717, 1.165) is 63.4 Å². The van der Waals surface area contributed by atoms with Gasteiger partial charge in [0.05, 0.1) is 12.3 Å². The third-order valence-electron chi connectivity index (χ3n) is 6.99. The second-order valence-corrected chi connectivity index (χ2v) is 10.7. The number of ether oxygens (including phenoxy) is 1. The summed E-state index contributed by atoms with van der Waals surface area (Å²) in [6.07, 6.45) is 6.31. The van der Waals surface area contributed by atoms with E-state index < -0.39 is 0 Å². The molecule has 0 aliphatic heterocycles. The Morgan fingerprint density at radius 2 is 1.33 bits per heavy atom. The number of pyridine rings is 1. The Hall–Kier alpha value is -3.69. The average molecular weight is 520 g/mol. The molecule has 39 heavy (non-hydrogen) atoms. The van der Waals surface area contributed by atoms with Crippen LogP contribution in [-0.4, -0.2) is 10.1 Å². The molecule has 0 atom stereocenters. The summed E-state index contributed by atoms with van der Waals surface area (Å²) in [4.78, 5) is 5.10. The summed E-state index contributed by atoms with van der Waals surface area (Å²) < 4.78 is 6.59. The lowest BCUT2D eigenvalue weighted by molar-refractivity contribution is 0.247. The first kappa shape index (κ1) is 28.3. The second kappa shape index (κ2) is 13.4. The molecule has 0 aliphatic rings. The zero-order valence-electron chi connectivity index (χ0n) is 23.9. The van der Waals surface area contributed by atoms with Gasteiger partial charge < -0.3 is 9.84 Å². The average Bonchev–Trinajstić information content (AvgIpc) is 2.96. The molecular weight excluding hydrogens is 478 g/mol. The van der Waals surface area contributed by atoms with Gasteiger partial charge in [-0.15, -0.1) is 0 Å². The van der Waals surface area contributed by atoms with Gasteiger partial charge in [0.25, 0.3) is 0 Å². The smallest absolute Gasteiger partial charge is 0.149 e. The van der Waals surface area contributed by atoms with Gasteiger partial charge in [-0.2, -0.15) is 0 Å². The number of unbranched alkanes of at least 4 members (excludes halogenated alkanes) is 1. The van der Waals surface area contributed by atoms with Crippen LogP contribution < -0.4 is 4.74 Å². The van der Waals surface area contributed by atoms with Crippen molar-refractivity contribution < 1.29 is 9.84 Å². The van der Waals surface area contributed by atoms with Crippen molar-refractivity contribution in [3.63, 3.8) is 0 Å². The number of hydrogen-bond donors (Lipinski definition) is 1. The predicted octanol–water partition coefficient (Wildman–Crippen LogP) is 9.47. The van der Waals surface area contributed by atoms with Crippen molar-refractivity contribution in [1.29, 1.82) is 0 Å². The fraction of sp³-hybridized carbons (Fsp3) is 0.306. The number of rotatable bonds is 11. The highest BCUT2D eigenvalue weighted by molar-refractivity contribution is 5.80. The van der Waals surface area contributed by atoms with Gasteiger partial charge in [0.2, 0.25) is 0 Å². The molecule has 1 heterocycles. The summed E-state index contributed by atoms with van der Waals surface area (Å²) in [7, 11) is 0. The number of aliphatic hydroxyl groups is 1. The number of aliphatic hydroxyl groups excluding tert-OH is 1. The van der Waals surface area contributed by atoms with Gasteiger partial charge in [-0.25, -0.2) is 0 Å². The highest BCUT2D eigenvalue weighted by Gasteiger charge is 2.23. The maximum atomic E-state index is 10.6. The van der Waals surface area contributed by atoms with Crippen molar-refractivity contribution in [3.05, 3.63) is 125 Å². The van der Waals surface area contributed by atoms with Crippen molar-refractivity contribution in [3.8, 4) is 16.9 Å². The first-order chi connectivity index (χ1) is 18.9. The van der Waals surface area contributed by atoms with E-state index in [1.54, 1.807) is 0 Å². The summed E-state index contributed by atoms with van der Waals surface area (Å²) in [6.45, 7) is 10.8. The Morgan fingerprint density at radius 3 is 1.82 bits per heavy atom. The summed E-state index contributed by atoms with van der Waals surface area (Å²) in [6, 6.07) is 29.0. The third-order valence-corrected chi connectivity index (χ3v) is 6.99. The quantitative estimate of drug-likeness (QED) is 0.215. The molecule has 202 valence electrons. The topological polar surface area (TPSA) is 42.4 Å². The summed E-state index contributed by atoms with van der Waals surface area (Å²) in [5, 5.41) is 10.6. The zero-order valence-corrected chi connectivity index (χ0v) is 23.9. The fourth-order valence-corrected chi connectivity index (χ4v) is 5.04. The number of benzene rings is 3. The van der Waals surface area contributed by atoms with Gasteiger partial charge in [-0.1, -0.05) is 126 Å².